The molecule has 5 nitrogen and oxygen atoms in total. The quantitative estimate of drug-likeness (QED) is 0.534. The van der Waals surface area contributed by atoms with Gasteiger partial charge in [0.2, 0.25) is 0 Å². The first-order valence-corrected chi connectivity index (χ1v) is 8.86. The van der Waals surface area contributed by atoms with Crippen LogP contribution in [0.25, 0.3) is 22.3 Å². The van der Waals surface area contributed by atoms with Crippen molar-refractivity contribution in [1.29, 1.82) is 0 Å². The number of nitrogens with zero attached hydrogens (tertiary/aromatic N) is 3. The third-order valence-corrected chi connectivity index (χ3v) is 4.88. The first kappa shape index (κ1) is 16.1. The SMILES string of the molecule is Fc1ccc(Cl)cc1-c1cc2c(cn1)OCCN2c1ccnc2[nH]ccc12. The summed E-state index contributed by atoms with van der Waals surface area (Å²) in [5.41, 5.74) is 3.52. The highest BCUT2D eigenvalue weighted by molar-refractivity contribution is 6.30. The Bertz CT molecular complexity index is 1160. The molecule has 1 aromatic carbocycles. The molecule has 3 aromatic heterocycles. The number of H-pyrrole nitrogens is 1. The molecule has 5 rings (SSSR count). The van der Waals surface area contributed by atoms with Gasteiger partial charge in [0.05, 0.1) is 29.8 Å². The average Bonchev–Trinajstić information content (AvgIpc) is 3.18. The highest BCUT2D eigenvalue weighted by atomic mass is 35.5. The van der Waals surface area contributed by atoms with Crippen LogP contribution in [-0.4, -0.2) is 28.1 Å². The van der Waals surface area contributed by atoms with E-state index in [1.54, 1.807) is 18.5 Å². The lowest BCUT2D eigenvalue weighted by molar-refractivity contribution is 0.313. The van der Waals surface area contributed by atoms with Gasteiger partial charge in [-0.3, -0.25) is 4.98 Å². The Hall–Kier alpha value is -3.12. The number of rotatable bonds is 2. The topological polar surface area (TPSA) is 54.0 Å². The van der Waals surface area contributed by atoms with E-state index in [0.717, 1.165) is 22.4 Å². The third kappa shape index (κ3) is 2.69. The van der Waals surface area contributed by atoms with Crippen LogP contribution in [0, 0.1) is 5.82 Å². The van der Waals surface area contributed by atoms with E-state index in [4.69, 9.17) is 16.3 Å². The van der Waals surface area contributed by atoms with Crippen LogP contribution in [0.3, 0.4) is 0 Å². The van der Waals surface area contributed by atoms with E-state index in [1.165, 1.54) is 12.1 Å². The molecule has 7 heteroatoms. The monoisotopic (exact) mass is 380 g/mol. The minimum absolute atomic E-state index is 0.359. The van der Waals surface area contributed by atoms with Gasteiger partial charge in [0.15, 0.2) is 5.75 Å². The number of pyridine rings is 2. The van der Waals surface area contributed by atoms with Crippen molar-refractivity contribution in [2.45, 2.75) is 0 Å². The Morgan fingerprint density at radius 3 is 2.96 bits per heavy atom. The highest BCUT2D eigenvalue weighted by Gasteiger charge is 2.23. The normalized spacial score (nSPS) is 13.5. The fourth-order valence-corrected chi connectivity index (χ4v) is 3.57. The van der Waals surface area contributed by atoms with Crippen LogP contribution < -0.4 is 9.64 Å². The van der Waals surface area contributed by atoms with Crippen molar-refractivity contribution in [3.05, 3.63) is 65.8 Å². The molecule has 27 heavy (non-hydrogen) atoms. The van der Waals surface area contributed by atoms with Crippen LogP contribution in [-0.2, 0) is 0 Å². The van der Waals surface area contributed by atoms with E-state index in [9.17, 15) is 4.39 Å². The summed E-state index contributed by atoms with van der Waals surface area (Å²) in [5.74, 6) is 0.292. The van der Waals surface area contributed by atoms with E-state index in [1.807, 2.05) is 24.4 Å². The highest BCUT2D eigenvalue weighted by Crippen LogP contribution is 2.40. The predicted molar refractivity (Wildman–Crippen MR) is 103 cm³/mol. The predicted octanol–water partition coefficient (Wildman–Crippen LogP) is 4.95. The number of aromatic amines is 1. The molecule has 0 amide bonds. The second-order valence-corrected chi connectivity index (χ2v) is 6.67. The molecule has 4 aromatic rings. The van der Waals surface area contributed by atoms with Gasteiger partial charge in [-0.25, -0.2) is 9.37 Å². The van der Waals surface area contributed by atoms with E-state index in [-0.39, 0.29) is 5.82 Å². The number of fused-ring (bicyclic) bond motifs is 2. The van der Waals surface area contributed by atoms with Gasteiger partial charge in [0.25, 0.3) is 0 Å². The number of halogens is 2. The van der Waals surface area contributed by atoms with E-state index in [0.29, 0.717) is 35.2 Å². The number of aromatic nitrogens is 3. The van der Waals surface area contributed by atoms with Gasteiger partial charge in [0.1, 0.15) is 18.1 Å². The summed E-state index contributed by atoms with van der Waals surface area (Å²) in [6.45, 7) is 1.20. The number of hydrogen-bond acceptors (Lipinski definition) is 4. The van der Waals surface area contributed by atoms with Crippen LogP contribution in [0.4, 0.5) is 15.8 Å². The van der Waals surface area contributed by atoms with Crippen molar-refractivity contribution < 1.29 is 9.13 Å². The molecule has 0 aliphatic carbocycles. The Labute approximate surface area is 159 Å². The summed E-state index contributed by atoms with van der Waals surface area (Å²) in [6.07, 6.45) is 5.26. The van der Waals surface area contributed by atoms with Crippen molar-refractivity contribution in [1.82, 2.24) is 15.0 Å². The minimum Gasteiger partial charge on any atom is -0.488 e. The lowest BCUT2D eigenvalue weighted by Crippen LogP contribution is -2.28. The Kier molecular flexibility index (Phi) is 3.72. The molecule has 0 saturated carbocycles. The second kappa shape index (κ2) is 6.25. The van der Waals surface area contributed by atoms with Gasteiger partial charge in [-0.2, -0.15) is 0 Å². The van der Waals surface area contributed by atoms with Crippen LogP contribution in [0.2, 0.25) is 5.02 Å². The van der Waals surface area contributed by atoms with Crippen molar-refractivity contribution in [3.8, 4) is 17.0 Å². The molecule has 1 N–H and O–H groups in total. The van der Waals surface area contributed by atoms with Crippen molar-refractivity contribution in [3.63, 3.8) is 0 Å². The van der Waals surface area contributed by atoms with Gasteiger partial charge in [-0.05, 0) is 36.4 Å². The zero-order valence-electron chi connectivity index (χ0n) is 14.1. The molecule has 0 radical (unpaired) electrons. The largest absolute Gasteiger partial charge is 0.488 e. The minimum atomic E-state index is -0.368. The average molecular weight is 381 g/mol. The molecule has 0 bridgehead atoms. The number of hydrogen-bond donors (Lipinski definition) is 1. The Morgan fingerprint density at radius 2 is 2.04 bits per heavy atom. The molecular weight excluding hydrogens is 367 g/mol. The molecule has 4 heterocycles. The summed E-state index contributed by atoms with van der Waals surface area (Å²) in [4.78, 5) is 14.0. The zero-order chi connectivity index (χ0) is 18.4. The van der Waals surface area contributed by atoms with Crippen LogP contribution in [0.5, 0.6) is 5.75 Å². The Balaban J connectivity index is 1.67. The molecule has 134 valence electrons. The van der Waals surface area contributed by atoms with Crippen LogP contribution in [0.15, 0.2) is 55.0 Å². The maximum absolute atomic E-state index is 14.3. The zero-order valence-corrected chi connectivity index (χ0v) is 14.9. The molecule has 0 saturated heterocycles. The van der Waals surface area contributed by atoms with E-state index < -0.39 is 0 Å². The van der Waals surface area contributed by atoms with Gasteiger partial charge < -0.3 is 14.6 Å². The van der Waals surface area contributed by atoms with E-state index in [2.05, 4.69) is 19.9 Å². The Morgan fingerprint density at radius 1 is 1.11 bits per heavy atom. The van der Waals surface area contributed by atoms with Crippen molar-refractivity contribution >= 4 is 34.0 Å². The van der Waals surface area contributed by atoms with E-state index >= 15 is 0 Å². The molecular formula is C20H14ClFN4O. The molecule has 0 atom stereocenters. The number of nitrogens with one attached hydrogen (secondary N) is 1. The maximum Gasteiger partial charge on any atom is 0.161 e. The summed E-state index contributed by atoms with van der Waals surface area (Å²) >= 11 is 6.05. The summed E-state index contributed by atoms with van der Waals surface area (Å²) in [7, 11) is 0. The lowest BCUT2D eigenvalue weighted by Gasteiger charge is -2.31. The first-order chi connectivity index (χ1) is 13.2. The van der Waals surface area contributed by atoms with Crippen molar-refractivity contribution in [2.24, 2.45) is 0 Å². The first-order valence-electron chi connectivity index (χ1n) is 8.48. The van der Waals surface area contributed by atoms with Gasteiger partial charge in [0, 0.05) is 28.4 Å². The summed E-state index contributed by atoms with van der Waals surface area (Å²) < 4.78 is 20.1. The molecule has 1 aliphatic rings. The smallest absolute Gasteiger partial charge is 0.161 e. The van der Waals surface area contributed by atoms with Gasteiger partial charge >= 0.3 is 0 Å². The molecule has 0 fully saturated rings. The van der Waals surface area contributed by atoms with Gasteiger partial charge in [-0.1, -0.05) is 11.6 Å². The number of benzene rings is 1. The fourth-order valence-electron chi connectivity index (χ4n) is 3.39. The molecule has 0 unspecified atom stereocenters. The number of ether oxygens (including phenoxy) is 1. The molecule has 1 aliphatic heterocycles. The third-order valence-electron chi connectivity index (χ3n) is 4.64. The van der Waals surface area contributed by atoms with Crippen LogP contribution >= 0.6 is 11.6 Å². The summed E-state index contributed by atoms with van der Waals surface area (Å²) in [5, 5.41) is 1.47. The van der Waals surface area contributed by atoms with Crippen LogP contribution in [0.1, 0.15) is 0 Å². The van der Waals surface area contributed by atoms with Crippen molar-refractivity contribution in [2.75, 3.05) is 18.1 Å². The second-order valence-electron chi connectivity index (χ2n) is 6.23. The standard InChI is InChI=1S/C20H14ClFN4O/c21-12-1-2-15(22)14(9-12)16-10-18-19(11-25-16)27-8-7-26(18)17-4-6-24-20-13(17)3-5-23-20/h1-6,9-11H,7-8H2,(H,23,24). The lowest BCUT2D eigenvalue weighted by atomic mass is 10.1. The fraction of sp³-hybridized carbons (Fsp3) is 0.100. The van der Waals surface area contributed by atoms with Gasteiger partial charge in [-0.15, -0.1) is 0 Å². The molecule has 0 spiro atoms. The maximum atomic E-state index is 14.3. The number of anilines is 2. The summed E-state index contributed by atoms with van der Waals surface area (Å²) in [6, 6.07) is 10.2.